The van der Waals surface area contributed by atoms with Gasteiger partial charge < -0.3 is 9.47 Å². The Morgan fingerprint density at radius 2 is 0.963 bits per heavy atom. The Morgan fingerprint density at radius 3 is 1.48 bits per heavy atom. The highest BCUT2D eigenvalue weighted by atomic mass is 16.7. The Labute approximate surface area is 171 Å². The van der Waals surface area contributed by atoms with Crippen LogP contribution in [0.2, 0.25) is 0 Å². The van der Waals surface area contributed by atoms with Crippen LogP contribution in [-0.2, 0) is 9.47 Å². The van der Waals surface area contributed by atoms with Gasteiger partial charge in [0.05, 0.1) is 12.9 Å². The molecule has 0 aliphatic carbocycles. The minimum absolute atomic E-state index is 0.408. The largest absolute Gasteiger partial charge is 0.475 e. The second-order valence-corrected chi connectivity index (χ2v) is 8.01. The monoisotopic (exact) mass is 382 g/mol. The summed E-state index contributed by atoms with van der Waals surface area (Å²) in [5, 5.41) is 0. The molecule has 0 aromatic heterocycles. The Morgan fingerprint density at radius 1 is 0.519 bits per heavy atom. The summed E-state index contributed by atoms with van der Waals surface area (Å²) in [4.78, 5) is 0. The van der Waals surface area contributed by atoms with Crippen LogP contribution in [-0.4, -0.2) is 13.4 Å². The highest BCUT2D eigenvalue weighted by molar-refractivity contribution is 4.72. The zero-order valence-corrected chi connectivity index (χ0v) is 18.8. The molecular weight excluding hydrogens is 332 g/mol. The normalized spacial score (nSPS) is 11.5. The molecular formula is C25H50O2. The van der Waals surface area contributed by atoms with E-state index in [1.165, 1.54) is 116 Å². The van der Waals surface area contributed by atoms with E-state index >= 15 is 0 Å². The van der Waals surface area contributed by atoms with Crippen LogP contribution in [0.5, 0.6) is 0 Å². The van der Waals surface area contributed by atoms with E-state index in [1.54, 1.807) is 0 Å². The van der Waals surface area contributed by atoms with Crippen LogP contribution < -0.4 is 0 Å². The average molecular weight is 383 g/mol. The maximum atomic E-state index is 5.51. The van der Waals surface area contributed by atoms with Crippen molar-refractivity contribution in [2.75, 3.05) is 13.4 Å². The predicted octanol–water partition coefficient (Wildman–Crippen LogP) is 8.94. The van der Waals surface area contributed by atoms with Gasteiger partial charge in [0, 0.05) is 0 Å². The van der Waals surface area contributed by atoms with E-state index in [0.717, 1.165) is 13.0 Å². The maximum Gasteiger partial charge on any atom is 0.188 e. The lowest BCUT2D eigenvalue weighted by Crippen LogP contribution is -1.98. The first-order chi connectivity index (χ1) is 13.4. The Kier molecular flexibility index (Phi) is 25.0. The van der Waals surface area contributed by atoms with E-state index in [-0.39, 0.29) is 0 Å². The molecule has 162 valence electrons. The van der Waals surface area contributed by atoms with E-state index in [1.807, 2.05) is 6.26 Å². The smallest absolute Gasteiger partial charge is 0.188 e. The molecule has 0 aromatic rings. The van der Waals surface area contributed by atoms with Gasteiger partial charge in [-0.25, -0.2) is 0 Å². The van der Waals surface area contributed by atoms with Crippen LogP contribution in [0.3, 0.4) is 0 Å². The number of allylic oxidation sites excluding steroid dienone is 1. The summed E-state index contributed by atoms with van der Waals surface area (Å²) in [6.07, 6.45) is 29.8. The molecule has 0 atom stereocenters. The fourth-order valence-corrected chi connectivity index (χ4v) is 3.37. The molecule has 2 heteroatoms. The summed E-state index contributed by atoms with van der Waals surface area (Å²) < 4.78 is 10.9. The standard InChI is InChI=1S/C25H50O2/c1-3-5-7-9-11-13-14-15-16-18-20-22-24-27-25-26-23-21-19-17-12-10-8-6-4-2/h22,24H,3-21,23,25H2,1-2H3. The van der Waals surface area contributed by atoms with Crippen molar-refractivity contribution in [2.24, 2.45) is 0 Å². The van der Waals surface area contributed by atoms with E-state index in [0.29, 0.717) is 6.79 Å². The van der Waals surface area contributed by atoms with E-state index in [9.17, 15) is 0 Å². The maximum absolute atomic E-state index is 5.51. The number of ether oxygens (including phenoxy) is 2. The van der Waals surface area contributed by atoms with Crippen LogP contribution in [0.4, 0.5) is 0 Å². The number of unbranched alkanes of at least 4 members (excludes halogenated alkanes) is 17. The molecule has 0 aliphatic rings. The van der Waals surface area contributed by atoms with Gasteiger partial charge in [-0.2, -0.15) is 0 Å². The summed E-state index contributed by atoms with van der Waals surface area (Å²) in [6, 6.07) is 0. The van der Waals surface area contributed by atoms with Crippen LogP contribution in [0, 0.1) is 0 Å². The molecule has 0 saturated heterocycles. The predicted molar refractivity (Wildman–Crippen MR) is 120 cm³/mol. The van der Waals surface area contributed by atoms with Crippen molar-refractivity contribution >= 4 is 0 Å². The van der Waals surface area contributed by atoms with Gasteiger partial charge in [-0.15, -0.1) is 0 Å². The van der Waals surface area contributed by atoms with E-state index in [2.05, 4.69) is 19.9 Å². The minimum Gasteiger partial charge on any atom is -0.475 e. The highest BCUT2D eigenvalue weighted by Crippen LogP contribution is 2.11. The Hall–Kier alpha value is -0.500. The van der Waals surface area contributed by atoms with Gasteiger partial charge in [-0.1, -0.05) is 117 Å². The van der Waals surface area contributed by atoms with Crippen molar-refractivity contribution in [2.45, 2.75) is 136 Å². The topological polar surface area (TPSA) is 18.5 Å². The molecule has 0 radical (unpaired) electrons. The third-order valence-electron chi connectivity index (χ3n) is 5.21. The fourth-order valence-electron chi connectivity index (χ4n) is 3.37. The van der Waals surface area contributed by atoms with Gasteiger partial charge in [0.25, 0.3) is 0 Å². The molecule has 27 heavy (non-hydrogen) atoms. The molecule has 2 nitrogen and oxygen atoms in total. The van der Waals surface area contributed by atoms with Crippen LogP contribution in [0.1, 0.15) is 136 Å². The van der Waals surface area contributed by atoms with Crippen molar-refractivity contribution in [1.29, 1.82) is 0 Å². The summed E-state index contributed by atoms with van der Waals surface area (Å²) in [6.45, 7) is 5.80. The highest BCUT2D eigenvalue weighted by Gasteiger charge is 1.93. The van der Waals surface area contributed by atoms with Crippen LogP contribution in [0.25, 0.3) is 0 Å². The van der Waals surface area contributed by atoms with E-state index in [4.69, 9.17) is 9.47 Å². The van der Waals surface area contributed by atoms with Crippen molar-refractivity contribution in [3.05, 3.63) is 12.3 Å². The Balaban J connectivity index is 3.05. The van der Waals surface area contributed by atoms with Gasteiger partial charge in [0.2, 0.25) is 0 Å². The summed E-state index contributed by atoms with van der Waals surface area (Å²) in [7, 11) is 0. The van der Waals surface area contributed by atoms with Crippen molar-refractivity contribution in [1.82, 2.24) is 0 Å². The average Bonchev–Trinajstić information content (AvgIpc) is 2.68. The van der Waals surface area contributed by atoms with Gasteiger partial charge in [-0.3, -0.25) is 0 Å². The van der Waals surface area contributed by atoms with Gasteiger partial charge in [0.1, 0.15) is 0 Å². The molecule has 0 rings (SSSR count). The number of hydrogen-bond acceptors (Lipinski definition) is 2. The minimum atomic E-state index is 0.408. The number of rotatable bonds is 23. The first kappa shape index (κ1) is 26.5. The first-order valence-electron chi connectivity index (χ1n) is 12.3. The zero-order valence-electron chi connectivity index (χ0n) is 18.8. The molecule has 0 saturated carbocycles. The van der Waals surface area contributed by atoms with Gasteiger partial charge >= 0.3 is 0 Å². The molecule has 0 aliphatic heterocycles. The second kappa shape index (κ2) is 25.5. The second-order valence-electron chi connectivity index (χ2n) is 8.01. The van der Waals surface area contributed by atoms with Crippen molar-refractivity contribution in [3.8, 4) is 0 Å². The SMILES string of the molecule is CCCCCCCCCCCCC=COCOCCCCCCCCCC. The van der Waals surface area contributed by atoms with Crippen molar-refractivity contribution < 1.29 is 9.47 Å². The molecule has 0 amide bonds. The fraction of sp³-hybridized carbons (Fsp3) is 0.920. The molecule has 0 fully saturated rings. The summed E-state index contributed by atoms with van der Waals surface area (Å²) in [5.74, 6) is 0. The van der Waals surface area contributed by atoms with Crippen LogP contribution in [0.15, 0.2) is 12.3 Å². The lowest BCUT2D eigenvalue weighted by Gasteiger charge is -2.04. The Bertz CT molecular complexity index is 275. The first-order valence-corrected chi connectivity index (χ1v) is 12.3. The third kappa shape index (κ3) is 25.5. The molecule has 0 spiro atoms. The number of hydrogen-bond donors (Lipinski definition) is 0. The lowest BCUT2D eigenvalue weighted by molar-refractivity contribution is -0.0128. The van der Waals surface area contributed by atoms with Crippen LogP contribution >= 0.6 is 0 Å². The quantitative estimate of drug-likeness (QED) is 0.0997. The summed E-state index contributed by atoms with van der Waals surface area (Å²) in [5.41, 5.74) is 0. The molecule has 0 unspecified atom stereocenters. The molecule has 0 bridgehead atoms. The lowest BCUT2D eigenvalue weighted by atomic mass is 10.1. The van der Waals surface area contributed by atoms with Gasteiger partial charge in [-0.05, 0) is 25.3 Å². The third-order valence-corrected chi connectivity index (χ3v) is 5.21. The zero-order chi connectivity index (χ0) is 19.7. The molecule has 0 N–H and O–H groups in total. The van der Waals surface area contributed by atoms with Gasteiger partial charge in [0.15, 0.2) is 6.79 Å². The molecule has 0 heterocycles. The summed E-state index contributed by atoms with van der Waals surface area (Å²) >= 11 is 0. The van der Waals surface area contributed by atoms with Crippen molar-refractivity contribution in [3.63, 3.8) is 0 Å². The molecule has 0 aromatic carbocycles. The van der Waals surface area contributed by atoms with E-state index < -0.39 is 0 Å².